The summed E-state index contributed by atoms with van der Waals surface area (Å²) < 4.78 is 121. The highest BCUT2D eigenvalue weighted by atomic mass is 19.4. The van der Waals surface area contributed by atoms with E-state index in [9.17, 15) is 63.9 Å². The standard InChI is InChI=1S/C31H30FN5O3.C25H26FN5O2.C24H18F3N5O.C23H22F3N5O2/c32-24-13-10-21(11-14-24)12-15-25-28(35-37(29(25)38)30-33-26-8-4-5-9-27(26)34-30)23-16-18-36(19-17-23)31(39)40-20-22-6-2-1-3-7-22;1-16(32)30-14-4-5-18(15-30)23-20(13-10-17-8-11-19(26)12-9-17)24(33)31(29-23)25-27-21-6-2-3-7-22(21)28-25;25-24(26,27)17-8-6-16(7-9-17)21-18(10-5-15-11-13-28-14-12-15)22(33)32(31-21)23-29-19-3-1-2-4-20(19)30-23;24-23(25,26)16-7-5-15(6-8-16)20-17(9-10-30-11-13-33-14-12-30)21(32)31(29-20)22-27-18-3-1-2-4-19(18)28-22/h1-11,13-14,23,35H,12,15-20H2,(H,33,34);2-3,6-9,11-12,18,29H,4-5,10,13-15H2,1H3,(H,27,28);1-4,6-9,11-14,31H,5,10H2,(H,29,30);1-8,29H,9-14H2,(H,27,28). The van der Waals surface area contributed by atoms with Gasteiger partial charge in [-0.2, -0.15) is 45.1 Å². The minimum atomic E-state index is -4.43. The summed E-state index contributed by atoms with van der Waals surface area (Å²) in [4.78, 5) is 119. The van der Waals surface area contributed by atoms with Crippen molar-refractivity contribution in [1.82, 2.24) is 98.7 Å². The second kappa shape index (κ2) is 41.4. The largest absolute Gasteiger partial charge is 0.445 e. The van der Waals surface area contributed by atoms with Crippen molar-refractivity contribution in [3.05, 3.63) is 369 Å². The van der Waals surface area contributed by atoms with Crippen LogP contribution in [0.1, 0.15) is 111 Å². The number of amides is 2. The lowest BCUT2D eigenvalue weighted by Crippen LogP contribution is -2.38. The van der Waals surface area contributed by atoms with Gasteiger partial charge in [0.25, 0.3) is 22.2 Å². The van der Waals surface area contributed by atoms with Crippen LogP contribution in [0.25, 0.3) is 90.4 Å². The van der Waals surface area contributed by atoms with Crippen molar-refractivity contribution in [2.75, 3.05) is 59.0 Å². The van der Waals surface area contributed by atoms with E-state index < -0.39 is 23.5 Å². The van der Waals surface area contributed by atoms with Gasteiger partial charge in [0, 0.05) is 111 Å². The first-order chi connectivity index (χ1) is 67.3. The molecule has 3 aliphatic rings. The number of aromatic amines is 8. The first-order valence-electron chi connectivity index (χ1n) is 45.7. The highest BCUT2D eigenvalue weighted by Crippen LogP contribution is 2.37. The summed E-state index contributed by atoms with van der Waals surface area (Å²) in [6, 6.07) is 65.7. The van der Waals surface area contributed by atoms with Crippen LogP contribution in [-0.2, 0) is 78.2 Å². The van der Waals surface area contributed by atoms with Gasteiger partial charge in [0.1, 0.15) is 18.2 Å². The molecule has 1 atom stereocenters. The summed E-state index contributed by atoms with van der Waals surface area (Å²) in [5, 5.41) is 12.8. The van der Waals surface area contributed by atoms with Crippen LogP contribution in [0.4, 0.5) is 39.9 Å². The summed E-state index contributed by atoms with van der Waals surface area (Å²) in [5.41, 5.74) is 13.7. The van der Waals surface area contributed by atoms with Crippen LogP contribution in [-0.4, -0.2) is 170 Å². The number of rotatable bonds is 22. The lowest BCUT2D eigenvalue weighted by atomic mass is 9.90. The number of fused-ring (bicyclic) bond motifs is 4. The van der Waals surface area contributed by atoms with Crippen molar-refractivity contribution in [2.24, 2.45) is 0 Å². The summed E-state index contributed by atoms with van der Waals surface area (Å²) in [7, 11) is 0. The number of hydrogen-bond donors (Lipinski definition) is 8. The fourth-order valence-corrected chi connectivity index (χ4v) is 17.9. The number of aryl methyl sites for hydroxylation is 3. The summed E-state index contributed by atoms with van der Waals surface area (Å²) in [6.07, 6.45) is 0.990. The molecule has 712 valence electrons. The molecular weight excluding hydrogens is 1800 g/mol. The third-order valence-electron chi connectivity index (χ3n) is 25.4. The highest BCUT2D eigenvalue weighted by Gasteiger charge is 2.35. The molecule has 139 heavy (non-hydrogen) atoms. The third kappa shape index (κ3) is 21.7. The Balaban J connectivity index is 0.000000123. The Labute approximate surface area is 787 Å². The number of ether oxygens (including phenoxy) is 2. The van der Waals surface area contributed by atoms with Gasteiger partial charge in [0.15, 0.2) is 0 Å². The van der Waals surface area contributed by atoms with Crippen molar-refractivity contribution < 1.29 is 54.2 Å². The van der Waals surface area contributed by atoms with E-state index in [4.69, 9.17) is 9.47 Å². The average molecular weight is 1890 g/mol. The van der Waals surface area contributed by atoms with Crippen LogP contribution in [0, 0.1) is 11.6 Å². The summed E-state index contributed by atoms with van der Waals surface area (Å²) in [5.74, 6) is 1.11. The maximum Gasteiger partial charge on any atom is 0.416 e. The molecule has 0 aliphatic carbocycles. The van der Waals surface area contributed by atoms with Gasteiger partial charge in [-0.3, -0.25) is 54.3 Å². The predicted octanol–water partition coefficient (Wildman–Crippen LogP) is 17.7. The van der Waals surface area contributed by atoms with Gasteiger partial charge in [0.05, 0.1) is 79.9 Å². The van der Waals surface area contributed by atoms with E-state index >= 15 is 0 Å². The summed E-state index contributed by atoms with van der Waals surface area (Å²) in [6.45, 7) is 7.69. The van der Waals surface area contributed by atoms with Crippen LogP contribution in [0.5, 0.6) is 0 Å². The van der Waals surface area contributed by atoms with Gasteiger partial charge < -0.3 is 39.2 Å². The number of aromatic nitrogens is 17. The second-order valence-electron chi connectivity index (χ2n) is 34.4. The topological polar surface area (TPSA) is 341 Å². The van der Waals surface area contributed by atoms with E-state index in [1.54, 1.807) is 48.5 Å². The quantitative estimate of drug-likeness (QED) is 0.0293. The maximum absolute atomic E-state index is 13.7. The molecule has 1 unspecified atom stereocenters. The van der Waals surface area contributed by atoms with Crippen molar-refractivity contribution in [3.8, 4) is 46.3 Å². The van der Waals surface area contributed by atoms with Crippen LogP contribution in [0.3, 0.4) is 0 Å². The Morgan fingerprint density at radius 1 is 0.396 bits per heavy atom. The number of H-pyrrole nitrogens is 8. The van der Waals surface area contributed by atoms with E-state index in [0.29, 0.717) is 177 Å². The molecule has 28 nitrogen and oxygen atoms in total. The molecule has 3 aliphatic heterocycles. The SMILES string of the molecule is CC(=O)N1CCCC(c2[nH]n(-c3nc4ccccc4[nH]3)c(=O)c2CCc2ccc(F)cc2)C1.O=C(OCc1ccccc1)N1CCC(c2[nH]n(-c3nc4ccccc4[nH]3)c(=O)c2CCc2ccc(F)cc2)CC1.O=c1c(CCN2CCOCC2)c(-c2ccc(C(F)(F)F)cc2)[nH]n1-c1nc2ccccc2[nH]1.O=c1c(CCc2ccncc2)c(-c2ccc(C(F)(F)F)cc2)[nH]n1-c1nc2ccccc2[nH]1. The maximum atomic E-state index is 13.7. The molecule has 3 saturated heterocycles. The zero-order valence-corrected chi connectivity index (χ0v) is 75.3. The zero-order valence-electron chi connectivity index (χ0n) is 75.3. The number of para-hydroxylation sites is 8. The Bertz CT molecular complexity index is 7450. The van der Waals surface area contributed by atoms with Gasteiger partial charge in [-0.05, 0) is 213 Å². The molecule has 0 bridgehead atoms. The molecule has 8 N–H and O–H groups in total. The molecule has 3 fully saturated rings. The second-order valence-corrected chi connectivity index (χ2v) is 34.4. The van der Waals surface area contributed by atoms with Gasteiger partial charge in [-0.25, -0.2) is 33.5 Å². The van der Waals surface area contributed by atoms with Crippen LogP contribution >= 0.6 is 0 Å². The number of benzene rings is 9. The van der Waals surface area contributed by atoms with Crippen molar-refractivity contribution in [1.29, 1.82) is 0 Å². The summed E-state index contributed by atoms with van der Waals surface area (Å²) >= 11 is 0. The molecular formula is C103H96F8N20O8. The third-order valence-corrected chi connectivity index (χ3v) is 25.4. The first-order valence-corrected chi connectivity index (χ1v) is 45.7. The number of alkyl halides is 6. The van der Waals surface area contributed by atoms with E-state index in [0.717, 1.165) is 123 Å². The number of piperidine rings is 2. The number of hydrogen-bond acceptors (Lipinski definition) is 14. The first kappa shape index (κ1) is 93.5. The fourth-order valence-electron chi connectivity index (χ4n) is 17.9. The van der Waals surface area contributed by atoms with E-state index in [-0.39, 0.29) is 64.3 Å². The average Bonchev–Trinajstić information content (AvgIpc) is 1.63. The number of morpholine rings is 1. The molecule has 9 aromatic carbocycles. The van der Waals surface area contributed by atoms with Crippen LogP contribution in [0.15, 0.2) is 268 Å². The number of imidazole rings is 4. The van der Waals surface area contributed by atoms with Gasteiger partial charge in [-0.15, -0.1) is 0 Å². The minimum Gasteiger partial charge on any atom is -0.445 e. The molecule has 12 heterocycles. The van der Waals surface area contributed by atoms with Crippen molar-refractivity contribution in [3.63, 3.8) is 0 Å². The Kier molecular flexibility index (Phi) is 27.8. The number of nitrogens with one attached hydrogen (secondary N) is 8. The minimum absolute atomic E-state index is 0.0456. The fraction of sp³-hybridized carbons (Fsp3) is 0.252. The zero-order chi connectivity index (χ0) is 96.4. The Morgan fingerprint density at radius 2 is 0.777 bits per heavy atom. The predicted molar refractivity (Wildman–Crippen MR) is 510 cm³/mol. The normalized spacial score (nSPS) is 14.4. The molecule has 0 radical (unpaired) electrons. The highest BCUT2D eigenvalue weighted by molar-refractivity contribution is 5.79. The number of carbonyl (C=O) groups is 2. The van der Waals surface area contributed by atoms with Crippen LogP contribution < -0.4 is 22.2 Å². The Morgan fingerprint density at radius 3 is 1.19 bits per heavy atom. The lowest BCUT2D eigenvalue weighted by Gasteiger charge is -2.32. The monoisotopic (exact) mass is 1890 g/mol. The molecule has 21 rings (SSSR count). The molecule has 18 aromatic rings. The van der Waals surface area contributed by atoms with E-state index in [2.05, 4.69) is 70.2 Å². The number of likely N-dealkylation sites (tertiary alicyclic amines) is 2. The molecule has 0 saturated carbocycles. The number of nitrogens with zero attached hydrogens (tertiary/aromatic N) is 12. The van der Waals surface area contributed by atoms with E-state index in [1.807, 2.05) is 144 Å². The van der Waals surface area contributed by atoms with Crippen molar-refractivity contribution >= 4 is 56.1 Å². The molecule has 2 amide bonds. The molecule has 36 heteroatoms. The number of halogens is 8. The van der Waals surface area contributed by atoms with E-state index in [1.165, 1.54) is 67.3 Å². The van der Waals surface area contributed by atoms with Crippen LogP contribution in [0.2, 0.25) is 0 Å². The van der Waals surface area contributed by atoms with Gasteiger partial charge >= 0.3 is 18.4 Å². The van der Waals surface area contributed by atoms with Gasteiger partial charge in [-0.1, -0.05) is 127 Å². The number of carbonyl (C=O) groups excluding carboxylic acids is 2. The number of pyridine rings is 1. The smallest absolute Gasteiger partial charge is 0.416 e. The van der Waals surface area contributed by atoms with Crippen molar-refractivity contribution in [2.45, 2.75) is 108 Å². The molecule has 9 aromatic heterocycles. The Hall–Kier alpha value is -15.9. The molecule has 0 spiro atoms. The van der Waals surface area contributed by atoms with Gasteiger partial charge in [0.2, 0.25) is 29.7 Å². The lowest BCUT2D eigenvalue weighted by molar-refractivity contribution is -0.138.